The monoisotopic (exact) mass is 365 g/mol. The van der Waals surface area contributed by atoms with Crippen LogP contribution in [-0.2, 0) is 0 Å². The van der Waals surface area contributed by atoms with E-state index >= 15 is 0 Å². The highest BCUT2D eigenvalue weighted by atomic mass is 32.1. The van der Waals surface area contributed by atoms with E-state index < -0.39 is 0 Å². The fourth-order valence-corrected chi connectivity index (χ4v) is 3.70. The number of aromatic nitrogens is 3. The van der Waals surface area contributed by atoms with Crippen molar-refractivity contribution in [1.29, 1.82) is 0 Å². The molecule has 0 radical (unpaired) electrons. The van der Waals surface area contributed by atoms with Crippen LogP contribution in [0.15, 0.2) is 64.5 Å². The summed E-state index contributed by atoms with van der Waals surface area (Å²) in [5, 5.41) is 13.5. The summed E-state index contributed by atoms with van der Waals surface area (Å²) in [6.07, 6.45) is 3.65. The number of rotatable bonds is 5. The van der Waals surface area contributed by atoms with E-state index in [-0.39, 0.29) is 0 Å². The van der Waals surface area contributed by atoms with Crippen LogP contribution in [0.1, 0.15) is 10.6 Å². The minimum Gasteiger partial charge on any atom is -0.253 e. The molecule has 3 aromatic heterocycles. The highest BCUT2D eigenvalue weighted by Gasteiger charge is 2.12. The van der Waals surface area contributed by atoms with Crippen LogP contribution in [0.3, 0.4) is 0 Å². The molecule has 7 heteroatoms. The van der Waals surface area contributed by atoms with Gasteiger partial charge in [-0.15, -0.1) is 22.7 Å². The predicted octanol–water partition coefficient (Wildman–Crippen LogP) is 4.81. The topological polar surface area (TPSA) is 55.1 Å². The number of thiophene rings is 1. The van der Waals surface area contributed by atoms with Crippen LogP contribution < -0.4 is 5.43 Å². The molecule has 0 spiro atoms. The van der Waals surface area contributed by atoms with Gasteiger partial charge in [0.15, 0.2) is 0 Å². The summed E-state index contributed by atoms with van der Waals surface area (Å²) in [5.41, 5.74) is 7.01. The van der Waals surface area contributed by atoms with E-state index in [0.717, 1.165) is 32.6 Å². The first-order chi connectivity index (χ1) is 12.3. The van der Waals surface area contributed by atoms with Crippen molar-refractivity contribution >= 4 is 34.0 Å². The molecule has 0 bridgehead atoms. The molecule has 4 aromatic rings. The Balaban J connectivity index is 1.53. The van der Waals surface area contributed by atoms with Gasteiger partial charge in [0.05, 0.1) is 29.5 Å². The second kappa shape index (κ2) is 7.00. The lowest BCUT2D eigenvalue weighted by atomic mass is 10.2. The molecule has 3 heterocycles. The summed E-state index contributed by atoms with van der Waals surface area (Å²) >= 11 is 3.17. The Morgan fingerprint density at radius 1 is 1.12 bits per heavy atom. The Bertz CT molecular complexity index is 984. The van der Waals surface area contributed by atoms with Gasteiger partial charge in [-0.1, -0.05) is 24.3 Å². The summed E-state index contributed by atoms with van der Waals surface area (Å²) in [6, 6.07) is 14.1. The van der Waals surface area contributed by atoms with Crippen LogP contribution in [0, 0.1) is 6.92 Å². The Morgan fingerprint density at radius 2 is 2.00 bits per heavy atom. The van der Waals surface area contributed by atoms with Gasteiger partial charge in [-0.05, 0) is 30.5 Å². The van der Waals surface area contributed by atoms with Crippen molar-refractivity contribution < 1.29 is 0 Å². The van der Waals surface area contributed by atoms with Gasteiger partial charge in [-0.25, -0.2) is 9.67 Å². The molecular formula is C18H15N5S2. The quantitative estimate of drug-likeness (QED) is 0.408. The normalized spacial score (nSPS) is 11.2. The fourth-order valence-electron chi connectivity index (χ4n) is 2.46. The van der Waals surface area contributed by atoms with Gasteiger partial charge < -0.3 is 0 Å². The molecule has 0 saturated carbocycles. The molecule has 1 aromatic carbocycles. The fraction of sp³-hybridized carbons (Fsp3) is 0.0556. The average molecular weight is 365 g/mol. The number of hydrogen-bond acceptors (Lipinski definition) is 6. The van der Waals surface area contributed by atoms with Gasteiger partial charge in [0.1, 0.15) is 0 Å². The highest BCUT2D eigenvalue weighted by molar-refractivity contribution is 7.14. The summed E-state index contributed by atoms with van der Waals surface area (Å²) in [6.45, 7) is 2.05. The zero-order valence-corrected chi connectivity index (χ0v) is 15.1. The van der Waals surface area contributed by atoms with Gasteiger partial charge in [0.25, 0.3) is 0 Å². The van der Waals surface area contributed by atoms with Gasteiger partial charge in [-0.2, -0.15) is 10.2 Å². The van der Waals surface area contributed by atoms with Crippen LogP contribution in [0.5, 0.6) is 0 Å². The molecule has 25 heavy (non-hydrogen) atoms. The Morgan fingerprint density at radius 3 is 2.80 bits per heavy atom. The maximum Gasteiger partial charge on any atom is 0.203 e. The van der Waals surface area contributed by atoms with E-state index in [2.05, 4.69) is 27.5 Å². The molecule has 0 unspecified atom stereocenters. The van der Waals surface area contributed by atoms with Crippen molar-refractivity contribution in [3.63, 3.8) is 0 Å². The molecule has 4 rings (SSSR count). The van der Waals surface area contributed by atoms with Crippen LogP contribution >= 0.6 is 22.7 Å². The molecule has 1 N–H and O–H groups in total. The van der Waals surface area contributed by atoms with Gasteiger partial charge in [0.2, 0.25) is 5.13 Å². The van der Waals surface area contributed by atoms with Crippen molar-refractivity contribution in [3.8, 4) is 16.9 Å². The van der Waals surface area contributed by atoms with E-state index in [0.29, 0.717) is 0 Å². The first kappa shape index (κ1) is 15.7. The summed E-state index contributed by atoms with van der Waals surface area (Å²) in [5.74, 6) is 0. The van der Waals surface area contributed by atoms with Crippen LogP contribution in [0.25, 0.3) is 16.9 Å². The maximum atomic E-state index is 4.61. The third-order valence-electron chi connectivity index (χ3n) is 3.69. The summed E-state index contributed by atoms with van der Waals surface area (Å²) in [4.78, 5) is 5.71. The van der Waals surface area contributed by atoms with Gasteiger partial charge in [0, 0.05) is 15.8 Å². The molecule has 0 saturated heterocycles. The minimum absolute atomic E-state index is 0.759. The number of para-hydroxylation sites is 1. The Kier molecular flexibility index (Phi) is 4.41. The molecule has 0 aliphatic rings. The second-order valence-electron chi connectivity index (χ2n) is 5.31. The third kappa shape index (κ3) is 3.38. The van der Waals surface area contributed by atoms with Crippen LogP contribution in [0.2, 0.25) is 0 Å². The van der Waals surface area contributed by atoms with E-state index in [4.69, 9.17) is 0 Å². The number of benzene rings is 1. The smallest absolute Gasteiger partial charge is 0.203 e. The van der Waals surface area contributed by atoms with Crippen LogP contribution in [0.4, 0.5) is 5.13 Å². The van der Waals surface area contributed by atoms with Crippen molar-refractivity contribution in [1.82, 2.24) is 14.8 Å². The zero-order valence-electron chi connectivity index (χ0n) is 13.5. The van der Waals surface area contributed by atoms with Gasteiger partial charge >= 0.3 is 0 Å². The first-order valence-electron chi connectivity index (χ1n) is 7.70. The molecule has 0 atom stereocenters. The lowest BCUT2D eigenvalue weighted by molar-refractivity contribution is 0.847. The van der Waals surface area contributed by atoms with Crippen molar-refractivity contribution in [3.05, 3.63) is 70.0 Å². The molecule has 0 aliphatic heterocycles. The molecule has 0 aliphatic carbocycles. The molecule has 5 nitrogen and oxygen atoms in total. The number of hydrogen-bond donors (Lipinski definition) is 1. The maximum absolute atomic E-state index is 4.61. The standard InChI is InChI=1S/C18H15N5S2/c1-13-16(11-20-23(13)14-6-3-2-4-7-14)17-12-25-18(21-17)22-19-10-15-8-5-9-24-15/h2-12H,1H3,(H,21,22)/b19-10+. The van der Waals surface area contributed by atoms with Crippen molar-refractivity contribution in [2.24, 2.45) is 5.10 Å². The first-order valence-corrected chi connectivity index (χ1v) is 9.46. The molecule has 0 fully saturated rings. The second-order valence-corrected chi connectivity index (χ2v) is 7.15. The number of anilines is 1. The van der Waals surface area contributed by atoms with Crippen molar-refractivity contribution in [2.45, 2.75) is 6.92 Å². The van der Waals surface area contributed by atoms with E-state index in [1.54, 1.807) is 17.6 Å². The summed E-state index contributed by atoms with van der Waals surface area (Å²) < 4.78 is 1.93. The lowest BCUT2D eigenvalue weighted by Gasteiger charge is -2.04. The Hall–Kier alpha value is -2.77. The van der Waals surface area contributed by atoms with Gasteiger partial charge in [-0.3, -0.25) is 5.43 Å². The van der Waals surface area contributed by atoms with Crippen molar-refractivity contribution in [2.75, 3.05) is 5.43 Å². The predicted molar refractivity (Wildman–Crippen MR) is 105 cm³/mol. The number of nitrogens with one attached hydrogen (secondary N) is 1. The largest absolute Gasteiger partial charge is 0.253 e. The molecule has 0 amide bonds. The highest BCUT2D eigenvalue weighted by Crippen LogP contribution is 2.28. The van der Waals surface area contributed by atoms with Crippen LogP contribution in [-0.4, -0.2) is 21.0 Å². The zero-order chi connectivity index (χ0) is 17.1. The molecular weight excluding hydrogens is 350 g/mol. The number of thiazole rings is 1. The average Bonchev–Trinajstić information content (AvgIpc) is 3.37. The Labute approximate surface area is 153 Å². The van der Waals surface area contributed by atoms with E-state index in [1.165, 1.54) is 11.3 Å². The molecule has 124 valence electrons. The summed E-state index contributed by atoms with van der Waals surface area (Å²) in [7, 11) is 0. The minimum atomic E-state index is 0.759. The SMILES string of the molecule is Cc1c(-c2csc(N/N=C/c3cccs3)n2)cnn1-c1ccccc1. The number of hydrazone groups is 1. The van der Waals surface area contributed by atoms with E-state index in [1.807, 2.05) is 64.1 Å². The lowest BCUT2D eigenvalue weighted by Crippen LogP contribution is -1.98. The number of nitrogens with zero attached hydrogens (tertiary/aromatic N) is 4. The van der Waals surface area contributed by atoms with E-state index in [9.17, 15) is 0 Å². The third-order valence-corrected chi connectivity index (χ3v) is 5.24.